The molecule has 0 bridgehead atoms. The summed E-state index contributed by atoms with van der Waals surface area (Å²) in [7, 11) is 0. The maximum Gasteiger partial charge on any atom is 0.310 e. The quantitative estimate of drug-likeness (QED) is 0.369. The summed E-state index contributed by atoms with van der Waals surface area (Å²) in [6.07, 6.45) is 8.31. The molecule has 5 rings (SSSR count). The standard InChI is InChI=1S/C30H48O6/c1-18-8-13-29(24(34)35)15-14-26(3)19(23(29)28(18,5)36)6-7-20-25(2)11-10-22(33)30(16-31,17-32)21(25)9-12-27(20,26)4/h6,18,20-23,31-33,36H,7-17H2,1-5H3,(H,34,35). The van der Waals surface area contributed by atoms with Crippen molar-refractivity contribution < 1.29 is 30.3 Å². The molecule has 5 aliphatic rings. The lowest BCUT2D eigenvalue weighted by atomic mass is 9.33. The molecule has 0 radical (unpaired) electrons. The van der Waals surface area contributed by atoms with Gasteiger partial charge in [0.15, 0.2) is 0 Å². The Bertz CT molecular complexity index is 953. The molecule has 0 saturated heterocycles. The summed E-state index contributed by atoms with van der Waals surface area (Å²) in [4.78, 5) is 12.8. The van der Waals surface area contributed by atoms with Crippen molar-refractivity contribution >= 4 is 5.97 Å². The van der Waals surface area contributed by atoms with Gasteiger partial charge >= 0.3 is 5.97 Å². The van der Waals surface area contributed by atoms with Crippen LogP contribution in [0.5, 0.6) is 0 Å². The summed E-state index contributed by atoms with van der Waals surface area (Å²) in [6.45, 7) is 10.6. The van der Waals surface area contributed by atoms with Crippen LogP contribution in [0.1, 0.15) is 92.4 Å². The minimum atomic E-state index is -1.08. The Labute approximate surface area is 216 Å². The van der Waals surface area contributed by atoms with Crippen molar-refractivity contribution in [3.63, 3.8) is 0 Å². The fourth-order valence-corrected chi connectivity index (χ4v) is 11.0. The number of aliphatic carboxylic acids is 1. The lowest BCUT2D eigenvalue weighted by Gasteiger charge is -2.72. The zero-order chi connectivity index (χ0) is 26.5. The molecule has 10 atom stereocenters. The number of rotatable bonds is 3. The third-order valence-electron chi connectivity index (χ3n) is 13.7. The average molecular weight is 505 g/mol. The molecule has 0 amide bonds. The number of carbonyl (C=O) groups is 1. The normalized spacial score (nSPS) is 53.8. The molecule has 0 aromatic heterocycles. The number of hydrogen-bond acceptors (Lipinski definition) is 5. The molecule has 5 aliphatic carbocycles. The van der Waals surface area contributed by atoms with E-state index in [1.54, 1.807) is 0 Å². The van der Waals surface area contributed by atoms with Crippen LogP contribution in [0, 0.1) is 50.7 Å². The van der Waals surface area contributed by atoms with Crippen LogP contribution in [0.4, 0.5) is 0 Å². The van der Waals surface area contributed by atoms with Crippen molar-refractivity contribution in [2.45, 2.75) is 104 Å². The maximum atomic E-state index is 12.8. The summed E-state index contributed by atoms with van der Waals surface area (Å²) in [5.41, 5.74) is -2.18. The van der Waals surface area contributed by atoms with Gasteiger partial charge in [0.25, 0.3) is 0 Å². The number of allylic oxidation sites excluding steroid dienone is 1. The molecule has 6 heteroatoms. The molecular weight excluding hydrogens is 456 g/mol. The first-order chi connectivity index (χ1) is 16.7. The highest BCUT2D eigenvalue weighted by Gasteiger charge is 2.72. The molecule has 4 fully saturated rings. The third kappa shape index (κ3) is 2.91. The van der Waals surface area contributed by atoms with Crippen molar-refractivity contribution in [3.8, 4) is 0 Å². The van der Waals surface area contributed by atoms with E-state index in [1.807, 2.05) is 6.92 Å². The number of carboxylic acids is 1. The number of carboxylic acid groups (broad SMARTS) is 1. The maximum absolute atomic E-state index is 12.8. The van der Waals surface area contributed by atoms with Gasteiger partial charge in [-0.1, -0.05) is 39.3 Å². The van der Waals surface area contributed by atoms with Gasteiger partial charge in [-0.15, -0.1) is 0 Å². The van der Waals surface area contributed by atoms with E-state index >= 15 is 0 Å². The highest BCUT2D eigenvalue weighted by molar-refractivity contribution is 5.77. The second-order valence-electron chi connectivity index (χ2n) is 14.5. The fraction of sp³-hybridized carbons (Fsp3) is 0.900. The SMILES string of the molecule is CC1CCC2(C(=O)O)CCC3(C)C(=CCC4C5(C)CCC(O)C(CO)(CO)C5CCC43C)C2C1(C)O. The number of aliphatic hydroxyl groups is 4. The zero-order valence-corrected chi connectivity index (χ0v) is 22.9. The predicted molar refractivity (Wildman–Crippen MR) is 137 cm³/mol. The van der Waals surface area contributed by atoms with Gasteiger partial charge in [0, 0.05) is 11.3 Å². The molecule has 5 N–H and O–H groups in total. The Morgan fingerprint density at radius 2 is 1.61 bits per heavy atom. The molecule has 0 spiro atoms. The molecule has 0 aromatic carbocycles. The summed E-state index contributed by atoms with van der Waals surface area (Å²) in [5.74, 6) is -0.796. The van der Waals surface area contributed by atoms with Crippen LogP contribution < -0.4 is 0 Å². The zero-order valence-electron chi connectivity index (χ0n) is 22.9. The molecular formula is C30H48O6. The molecule has 0 aromatic rings. The van der Waals surface area contributed by atoms with Crippen molar-refractivity contribution in [3.05, 3.63) is 11.6 Å². The van der Waals surface area contributed by atoms with E-state index < -0.39 is 34.4 Å². The summed E-state index contributed by atoms with van der Waals surface area (Å²) >= 11 is 0. The fourth-order valence-electron chi connectivity index (χ4n) is 11.0. The van der Waals surface area contributed by atoms with Crippen LogP contribution in [0.2, 0.25) is 0 Å². The van der Waals surface area contributed by atoms with Crippen LogP contribution in [0.3, 0.4) is 0 Å². The van der Waals surface area contributed by atoms with Crippen molar-refractivity contribution in [1.29, 1.82) is 0 Å². The van der Waals surface area contributed by atoms with Gasteiger partial charge in [0.1, 0.15) is 0 Å². The minimum absolute atomic E-state index is 0.0277. The Morgan fingerprint density at radius 1 is 0.944 bits per heavy atom. The predicted octanol–water partition coefficient (Wildman–Crippen LogP) is 4.15. The van der Waals surface area contributed by atoms with Crippen LogP contribution in [-0.4, -0.2) is 56.4 Å². The van der Waals surface area contributed by atoms with Crippen LogP contribution in [-0.2, 0) is 4.79 Å². The van der Waals surface area contributed by atoms with E-state index in [0.29, 0.717) is 25.2 Å². The summed E-state index contributed by atoms with van der Waals surface area (Å²) < 4.78 is 0. The second kappa shape index (κ2) is 8.03. The third-order valence-corrected chi connectivity index (χ3v) is 13.7. The van der Waals surface area contributed by atoms with Gasteiger partial charge in [-0.2, -0.15) is 0 Å². The molecule has 0 aliphatic heterocycles. The first-order valence-electron chi connectivity index (χ1n) is 14.3. The number of fused-ring (bicyclic) bond motifs is 7. The van der Waals surface area contributed by atoms with Gasteiger partial charge in [0.2, 0.25) is 0 Å². The lowest BCUT2D eigenvalue weighted by Crippen LogP contribution is -2.68. The van der Waals surface area contributed by atoms with Gasteiger partial charge in [0.05, 0.1) is 30.3 Å². The van der Waals surface area contributed by atoms with E-state index in [1.165, 1.54) is 5.57 Å². The van der Waals surface area contributed by atoms with Gasteiger partial charge in [-0.05, 0) is 98.7 Å². The van der Waals surface area contributed by atoms with Gasteiger partial charge in [-0.3, -0.25) is 4.79 Å². The molecule has 204 valence electrons. The van der Waals surface area contributed by atoms with Crippen LogP contribution in [0.25, 0.3) is 0 Å². The van der Waals surface area contributed by atoms with E-state index in [9.17, 15) is 30.3 Å². The Balaban J connectivity index is 1.64. The van der Waals surface area contributed by atoms with Crippen molar-refractivity contribution in [1.82, 2.24) is 0 Å². The molecule has 10 unspecified atom stereocenters. The first kappa shape index (κ1) is 26.6. The molecule has 4 saturated carbocycles. The highest BCUT2D eigenvalue weighted by atomic mass is 16.4. The topological polar surface area (TPSA) is 118 Å². The highest BCUT2D eigenvalue weighted by Crippen LogP contribution is 2.76. The minimum Gasteiger partial charge on any atom is -0.481 e. The smallest absolute Gasteiger partial charge is 0.310 e. The first-order valence-corrected chi connectivity index (χ1v) is 14.3. The molecule has 6 nitrogen and oxygen atoms in total. The second-order valence-corrected chi connectivity index (χ2v) is 14.5. The van der Waals surface area contributed by atoms with E-state index in [0.717, 1.165) is 38.5 Å². The largest absolute Gasteiger partial charge is 0.481 e. The Hall–Kier alpha value is -0.950. The Kier molecular flexibility index (Phi) is 5.95. The van der Waals surface area contributed by atoms with Gasteiger partial charge < -0.3 is 25.5 Å². The monoisotopic (exact) mass is 504 g/mol. The van der Waals surface area contributed by atoms with E-state index in [4.69, 9.17) is 0 Å². The van der Waals surface area contributed by atoms with E-state index in [-0.39, 0.29) is 41.3 Å². The number of aliphatic hydroxyl groups excluding tert-OH is 3. The van der Waals surface area contributed by atoms with Gasteiger partial charge in [-0.25, -0.2) is 0 Å². The van der Waals surface area contributed by atoms with Crippen molar-refractivity contribution in [2.75, 3.05) is 13.2 Å². The number of hydrogen-bond donors (Lipinski definition) is 5. The molecule has 36 heavy (non-hydrogen) atoms. The van der Waals surface area contributed by atoms with Crippen LogP contribution in [0.15, 0.2) is 11.6 Å². The van der Waals surface area contributed by atoms with E-state index in [2.05, 4.69) is 33.8 Å². The van der Waals surface area contributed by atoms with Crippen molar-refractivity contribution in [2.24, 2.45) is 50.7 Å². The summed E-state index contributed by atoms with van der Waals surface area (Å²) in [5, 5.41) is 54.3. The Morgan fingerprint density at radius 3 is 2.22 bits per heavy atom. The average Bonchev–Trinajstić information content (AvgIpc) is 2.82. The molecule has 0 heterocycles. The summed E-state index contributed by atoms with van der Waals surface area (Å²) in [6, 6.07) is 0. The lowest BCUT2D eigenvalue weighted by molar-refractivity contribution is -0.235. The van der Waals surface area contributed by atoms with Crippen LogP contribution >= 0.6 is 0 Å².